The number of carbonyl (C=O) groups is 2. The minimum absolute atomic E-state index is 0.0159. The van der Waals surface area contributed by atoms with Crippen LogP contribution in [0.3, 0.4) is 0 Å². The van der Waals surface area contributed by atoms with Crippen LogP contribution in [0.4, 0.5) is 0 Å². The van der Waals surface area contributed by atoms with E-state index in [0.29, 0.717) is 17.6 Å². The van der Waals surface area contributed by atoms with Crippen molar-refractivity contribution in [3.8, 4) is 0 Å². The second-order valence-corrected chi connectivity index (χ2v) is 15.4. The van der Waals surface area contributed by atoms with Gasteiger partial charge in [-0.1, -0.05) is 47.2 Å². The van der Waals surface area contributed by atoms with Gasteiger partial charge in [-0.2, -0.15) is 0 Å². The molecule has 0 aromatic heterocycles. The molecule has 0 unspecified atom stereocenters. The van der Waals surface area contributed by atoms with Crippen LogP contribution < -0.4 is 0 Å². The fourth-order valence-corrected chi connectivity index (χ4v) is 9.98. The summed E-state index contributed by atoms with van der Waals surface area (Å²) in [5.74, 6) is 2.27. The molecule has 0 N–H and O–H groups in total. The fourth-order valence-electron chi connectivity index (χ4n) is 8.90. The highest BCUT2D eigenvalue weighted by molar-refractivity contribution is 14.1. The van der Waals surface area contributed by atoms with Gasteiger partial charge in [-0.25, -0.2) is 4.79 Å². The molecule has 1 aliphatic heterocycles. The van der Waals surface area contributed by atoms with Gasteiger partial charge in [-0.15, -0.1) is 0 Å². The average molecular weight is 596 g/mol. The van der Waals surface area contributed by atoms with E-state index in [1.54, 1.807) is 0 Å². The molecule has 35 heavy (non-hydrogen) atoms. The van der Waals surface area contributed by atoms with Crippen molar-refractivity contribution in [1.29, 1.82) is 0 Å². The highest BCUT2D eigenvalue weighted by atomic mass is 127. The number of quaternary nitrogens is 1. The molecule has 0 aromatic carbocycles. The molecule has 5 nitrogen and oxygen atoms in total. The number of allylic oxidation sites excluding steroid dienone is 1. The van der Waals surface area contributed by atoms with Crippen LogP contribution in [0.5, 0.6) is 0 Å². The highest BCUT2D eigenvalue weighted by Crippen LogP contribution is 2.69. The van der Waals surface area contributed by atoms with E-state index in [1.807, 2.05) is 6.08 Å². The van der Waals surface area contributed by atoms with Crippen molar-refractivity contribution in [2.45, 2.75) is 88.4 Å². The lowest BCUT2D eigenvalue weighted by Gasteiger charge is -2.59. The first kappa shape index (κ1) is 25.9. The molecular weight excluding hydrogens is 551 g/mol. The van der Waals surface area contributed by atoms with E-state index in [0.717, 1.165) is 67.7 Å². The predicted molar refractivity (Wildman–Crippen MR) is 147 cm³/mol. The zero-order valence-electron chi connectivity index (χ0n) is 22.4. The number of oxime groups is 1. The van der Waals surface area contributed by atoms with Crippen molar-refractivity contribution in [2.24, 2.45) is 39.7 Å². The summed E-state index contributed by atoms with van der Waals surface area (Å²) in [6.45, 7) is 9.08. The largest absolute Gasteiger partial charge is 0.338 e. The van der Waals surface area contributed by atoms with Gasteiger partial charge in [-0.05, 0) is 86.5 Å². The second-order valence-electron chi connectivity index (χ2n) is 13.5. The maximum Gasteiger partial charge on any atom is 0.338 e. The lowest BCUT2D eigenvalue weighted by molar-refractivity contribution is -0.895. The van der Waals surface area contributed by atoms with E-state index in [9.17, 15) is 9.59 Å². The van der Waals surface area contributed by atoms with Crippen LogP contribution in [0.2, 0.25) is 0 Å². The molecule has 4 fully saturated rings. The third-order valence-electron chi connectivity index (χ3n) is 11.4. The minimum atomic E-state index is -0.140. The predicted octanol–water partition coefficient (Wildman–Crippen LogP) is 6.10. The normalized spacial score (nSPS) is 43.6. The first-order valence-electron chi connectivity index (χ1n) is 13.9. The number of ketones is 1. The molecule has 0 spiro atoms. The Morgan fingerprint density at radius 2 is 1.71 bits per heavy atom. The molecule has 0 aromatic rings. The van der Waals surface area contributed by atoms with Gasteiger partial charge in [0.25, 0.3) is 0 Å². The third-order valence-corrected chi connectivity index (χ3v) is 14.0. The van der Waals surface area contributed by atoms with Gasteiger partial charge in [-0.3, -0.25) is 4.79 Å². The summed E-state index contributed by atoms with van der Waals surface area (Å²) in [5.41, 5.74) is 2.81. The number of alkyl halides is 1. The number of carbonyl (C=O) groups excluding carboxylic acids is 2. The first-order chi connectivity index (χ1) is 16.4. The molecule has 1 heterocycles. The Balaban J connectivity index is 1.31. The van der Waals surface area contributed by atoms with Crippen LogP contribution >= 0.6 is 22.6 Å². The SMILES string of the molecule is C/C(=N\OC(=O)C1CC[N+](C)(C)CC1)[C@]1(I)CC[C@H]2[C@H]3CCC4=CC(=O)CC[C@]4(C)[C@H]3CC[C@@]21C. The Morgan fingerprint density at radius 3 is 2.43 bits per heavy atom. The molecule has 5 rings (SSSR count). The van der Waals surface area contributed by atoms with Crippen molar-refractivity contribution in [2.75, 3.05) is 27.2 Å². The smallest absolute Gasteiger partial charge is 0.328 e. The number of fused-ring (bicyclic) bond motifs is 5. The summed E-state index contributed by atoms with van der Waals surface area (Å²) in [6, 6.07) is 0. The van der Waals surface area contributed by atoms with Crippen LogP contribution in [0.15, 0.2) is 16.8 Å². The van der Waals surface area contributed by atoms with E-state index < -0.39 is 0 Å². The van der Waals surface area contributed by atoms with Gasteiger partial charge >= 0.3 is 5.97 Å². The summed E-state index contributed by atoms with van der Waals surface area (Å²) in [5, 5.41) is 4.53. The van der Waals surface area contributed by atoms with Crippen LogP contribution in [0, 0.1) is 34.5 Å². The van der Waals surface area contributed by atoms with E-state index in [2.05, 4.69) is 62.6 Å². The number of hydrogen-bond donors (Lipinski definition) is 0. The van der Waals surface area contributed by atoms with E-state index in [1.165, 1.54) is 31.3 Å². The van der Waals surface area contributed by atoms with Gasteiger partial charge in [0, 0.05) is 19.3 Å². The zero-order valence-corrected chi connectivity index (χ0v) is 24.5. The summed E-state index contributed by atoms with van der Waals surface area (Å²) in [7, 11) is 4.46. The first-order valence-corrected chi connectivity index (χ1v) is 15.0. The van der Waals surface area contributed by atoms with Gasteiger partial charge in [0.05, 0.1) is 42.2 Å². The van der Waals surface area contributed by atoms with Gasteiger partial charge < -0.3 is 9.32 Å². The van der Waals surface area contributed by atoms with Crippen LogP contribution in [0.1, 0.15) is 85.0 Å². The van der Waals surface area contributed by atoms with E-state index in [-0.39, 0.29) is 26.1 Å². The molecule has 0 amide bonds. The highest BCUT2D eigenvalue weighted by Gasteiger charge is 2.64. The standard InChI is InChI=1S/C29H44IN2O3/c1-19(31-35-26(34)20-11-16-32(4,5)17-12-20)29(30)15-10-25-23-7-6-21-18-22(33)8-13-27(21,2)24(23)9-14-28(25,29)3/h18,20,23-25H,6-17H2,1-5H3/q+1/b31-19+/t23-,24-,25-,27-,28-,29+/m0/s1. The molecule has 3 saturated carbocycles. The molecule has 5 aliphatic rings. The summed E-state index contributed by atoms with van der Waals surface area (Å²) in [4.78, 5) is 30.5. The monoisotopic (exact) mass is 595 g/mol. The molecule has 0 bridgehead atoms. The van der Waals surface area contributed by atoms with Gasteiger partial charge in [0.2, 0.25) is 0 Å². The number of likely N-dealkylation sites (tertiary alicyclic amines) is 1. The second kappa shape index (κ2) is 8.92. The van der Waals surface area contributed by atoms with Gasteiger partial charge in [0.1, 0.15) is 0 Å². The van der Waals surface area contributed by atoms with E-state index in [4.69, 9.17) is 4.84 Å². The quantitative estimate of drug-likeness (QED) is 0.0991. The number of rotatable bonds is 3. The molecule has 0 radical (unpaired) electrons. The Morgan fingerprint density at radius 1 is 1.03 bits per heavy atom. The van der Waals surface area contributed by atoms with Crippen molar-refractivity contribution in [3.63, 3.8) is 0 Å². The average Bonchev–Trinajstić information content (AvgIpc) is 3.09. The minimum Gasteiger partial charge on any atom is -0.328 e. The maximum absolute atomic E-state index is 12.8. The Kier molecular flexibility index (Phi) is 6.59. The topological polar surface area (TPSA) is 55.7 Å². The number of nitrogens with zero attached hydrogens (tertiary/aromatic N) is 2. The molecule has 194 valence electrons. The lowest BCUT2D eigenvalue weighted by Crippen LogP contribution is -2.54. The van der Waals surface area contributed by atoms with Crippen LogP contribution in [-0.4, -0.2) is 52.6 Å². The molecule has 1 saturated heterocycles. The third kappa shape index (κ3) is 4.17. The van der Waals surface area contributed by atoms with Crippen LogP contribution in [-0.2, 0) is 14.4 Å². The van der Waals surface area contributed by atoms with Gasteiger partial charge in [0.15, 0.2) is 5.78 Å². The number of hydrogen-bond acceptors (Lipinski definition) is 4. The van der Waals surface area contributed by atoms with Crippen molar-refractivity contribution in [3.05, 3.63) is 11.6 Å². The Bertz CT molecular complexity index is 963. The maximum atomic E-state index is 12.8. The molecular formula is C29H44IN2O3+. The van der Waals surface area contributed by atoms with Crippen LogP contribution in [0.25, 0.3) is 0 Å². The number of piperidine rings is 1. The Labute approximate surface area is 225 Å². The zero-order chi connectivity index (χ0) is 25.2. The Hall–Kier alpha value is -0.760. The molecule has 4 aliphatic carbocycles. The lowest BCUT2D eigenvalue weighted by atomic mass is 9.46. The van der Waals surface area contributed by atoms with E-state index >= 15 is 0 Å². The van der Waals surface area contributed by atoms with Crippen molar-refractivity contribution in [1.82, 2.24) is 0 Å². The summed E-state index contributed by atoms with van der Waals surface area (Å²) >= 11 is 2.67. The summed E-state index contributed by atoms with van der Waals surface area (Å²) in [6.07, 6.45) is 12.6. The molecule has 6 atom stereocenters. The number of halogens is 1. The van der Waals surface area contributed by atoms with Crippen molar-refractivity contribution < 1.29 is 18.9 Å². The molecule has 6 heteroatoms. The van der Waals surface area contributed by atoms with Crippen molar-refractivity contribution >= 4 is 40.1 Å². The fraction of sp³-hybridized carbons (Fsp3) is 0.828. The summed E-state index contributed by atoms with van der Waals surface area (Å²) < 4.78 is 0.920.